The number of ether oxygens (including phenoxy) is 1. The Morgan fingerprint density at radius 1 is 1.15 bits per heavy atom. The van der Waals surface area contributed by atoms with Gasteiger partial charge in [-0.25, -0.2) is 0 Å². The summed E-state index contributed by atoms with van der Waals surface area (Å²) in [6.07, 6.45) is 2.58. The van der Waals surface area contributed by atoms with Gasteiger partial charge in [-0.05, 0) is 42.5 Å². The number of hydrogen-bond acceptors (Lipinski definition) is 2. The number of methoxy groups -OCH3 is 1. The average Bonchev–Trinajstić information content (AvgIpc) is 3.30. The Kier molecular flexibility index (Phi) is 3.83. The number of nitrogens with one attached hydrogen (secondary N) is 1. The molecule has 0 saturated heterocycles. The summed E-state index contributed by atoms with van der Waals surface area (Å²) in [5, 5.41) is 4.25. The van der Waals surface area contributed by atoms with E-state index in [1.165, 1.54) is 18.4 Å². The molecule has 104 valence electrons. The van der Waals surface area contributed by atoms with Crippen LogP contribution in [0.5, 0.6) is 5.75 Å². The van der Waals surface area contributed by atoms with Crippen molar-refractivity contribution in [3.63, 3.8) is 0 Å². The first-order chi connectivity index (χ1) is 9.78. The Morgan fingerprint density at radius 2 is 1.90 bits per heavy atom. The molecule has 2 aromatic carbocycles. The van der Waals surface area contributed by atoms with Crippen molar-refractivity contribution in [1.29, 1.82) is 0 Å². The number of hydrogen-bond donors (Lipinski definition) is 1. The van der Waals surface area contributed by atoms with Gasteiger partial charge in [-0.15, -0.1) is 0 Å². The van der Waals surface area contributed by atoms with Crippen molar-refractivity contribution in [3.8, 4) is 5.75 Å². The second kappa shape index (κ2) is 5.76. The third kappa shape index (κ3) is 2.91. The smallest absolute Gasteiger partial charge is 0.137 e. The van der Waals surface area contributed by atoms with Crippen molar-refractivity contribution in [2.75, 3.05) is 12.4 Å². The van der Waals surface area contributed by atoms with Crippen LogP contribution < -0.4 is 10.1 Å². The maximum atomic E-state index is 6.19. The lowest BCUT2D eigenvalue weighted by Crippen LogP contribution is -2.12. The van der Waals surface area contributed by atoms with E-state index in [-0.39, 0.29) is 0 Å². The van der Waals surface area contributed by atoms with Crippen molar-refractivity contribution in [2.24, 2.45) is 5.92 Å². The van der Waals surface area contributed by atoms with Crippen LogP contribution in [-0.2, 0) is 0 Å². The number of benzene rings is 2. The van der Waals surface area contributed by atoms with Gasteiger partial charge in [-0.1, -0.05) is 41.9 Å². The molecule has 1 atom stereocenters. The summed E-state index contributed by atoms with van der Waals surface area (Å²) in [6.45, 7) is 0. The van der Waals surface area contributed by atoms with Crippen LogP contribution in [-0.4, -0.2) is 7.11 Å². The normalized spacial score (nSPS) is 15.7. The fourth-order valence-corrected chi connectivity index (χ4v) is 2.76. The molecule has 20 heavy (non-hydrogen) atoms. The molecule has 0 aromatic heterocycles. The zero-order valence-corrected chi connectivity index (χ0v) is 12.2. The maximum Gasteiger partial charge on any atom is 0.137 e. The monoisotopic (exact) mass is 287 g/mol. The van der Waals surface area contributed by atoms with Crippen LogP contribution in [0.2, 0.25) is 5.02 Å². The van der Waals surface area contributed by atoms with Crippen molar-refractivity contribution in [2.45, 2.75) is 18.9 Å². The lowest BCUT2D eigenvalue weighted by molar-refractivity contribution is 0.415. The molecule has 0 aliphatic heterocycles. The molecule has 1 saturated carbocycles. The van der Waals surface area contributed by atoms with Crippen molar-refractivity contribution in [1.82, 2.24) is 0 Å². The molecule has 0 spiro atoms. The third-order valence-corrected chi connectivity index (χ3v) is 4.02. The molecule has 1 unspecified atom stereocenters. The molecule has 0 bridgehead atoms. The lowest BCUT2D eigenvalue weighted by Gasteiger charge is -2.20. The highest BCUT2D eigenvalue weighted by molar-refractivity contribution is 6.32. The molecule has 1 aliphatic rings. The van der Waals surface area contributed by atoms with Gasteiger partial charge in [0.15, 0.2) is 0 Å². The van der Waals surface area contributed by atoms with Gasteiger partial charge in [0.25, 0.3) is 0 Å². The van der Waals surface area contributed by atoms with Crippen LogP contribution >= 0.6 is 11.6 Å². The number of anilines is 1. The van der Waals surface area contributed by atoms with Gasteiger partial charge in [-0.2, -0.15) is 0 Å². The minimum Gasteiger partial charge on any atom is -0.495 e. The zero-order valence-electron chi connectivity index (χ0n) is 11.5. The van der Waals surface area contributed by atoms with E-state index in [1.54, 1.807) is 7.11 Å². The first-order valence-corrected chi connectivity index (χ1v) is 7.31. The summed E-state index contributed by atoms with van der Waals surface area (Å²) >= 11 is 6.19. The van der Waals surface area contributed by atoms with E-state index >= 15 is 0 Å². The molecule has 1 fully saturated rings. The van der Waals surface area contributed by atoms with Gasteiger partial charge in [0.05, 0.1) is 18.2 Å². The number of halogens is 1. The van der Waals surface area contributed by atoms with E-state index in [9.17, 15) is 0 Å². The molecule has 1 aliphatic carbocycles. The van der Waals surface area contributed by atoms with Crippen molar-refractivity contribution >= 4 is 17.3 Å². The van der Waals surface area contributed by atoms with Crippen LogP contribution in [0.25, 0.3) is 0 Å². The standard InChI is InChI=1S/C17H18ClNO/c1-20-16-10-9-14(11-15(16)18)19-17(13-7-8-13)12-5-3-2-4-6-12/h2-6,9-11,13,17,19H,7-8H2,1H3. The highest BCUT2D eigenvalue weighted by Crippen LogP contribution is 2.43. The molecular formula is C17H18ClNO. The summed E-state index contributed by atoms with van der Waals surface area (Å²) in [6, 6.07) is 16.8. The summed E-state index contributed by atoms with van der Waals surface area (Å²) in [5.41, 5.74) is 2.37. The number of rotatable bonds is 5. The first kappa shape index (κ1) is 13.3. The summed E-state index contributed by atoms with van der Waals surface area (Å²) < 4.78 is 5.19. The molecule has 1 N–H and O–H groups in total. The van der Waals surface area contributed by atoms with E-state index < -0.39 is 0 Å². The van der Waals surface area contributed by atoms with Gasteiger partial charge < -0.3 is 10.1 Å². The van der Waals surface area contributed by atoms with Crippen LogP contribution in [0.4, 0.5) is 5.69 Å². The Balaban J connectivity index is 1.82. The highest BCUT2D eigenvalue weighted by Gasteiger charge is 2.32. The molecule has 0 amide bonds. The fraction of sp³-hybridized carbons (Fsp3) is 0.294. The minimum atomic E-state index is 0.362. The van der Waals surface area contributed by atoms with Crippen molar-refractivity contribution in [3.05, 3.63) is 59.1 Å². The lowest BCUT2D eigenvalue weighted by atomic mass is 10.0. The van der Waals surface area contributed by atoms with Crippen molar-refractivity contribution < 1.29 is 4.74 Å². The van der Waals surface area contributed by atoms with Gasteiger partial charge in [0.2, 0.25) is 0 Å². The molecule has 2 nitrogen and oxygen atoms in total. The second-order valence-corrected chi connectivity index (χ2v) is 5.63. The zero-order chi connectivity index (χ0) is 13.9. The van der Waals surface area contributed by atoms with E-state index in [2.05, 4.69) is 35.6 Å². The summed E-state index contributed by atoms with van der Waals surface area (Å²) in [4.78, 5) is 0. The summed E-state index contributed by atoms with van der Waals surface area (Å²) in [5.74, 6) is 1.43. The summed E-state index contributed by atoms with van der Waals surface area (Å²) in [7, 11) is 1.63. The average molecular weight is 288 g/mol. The van der Waals surface area contributed by atoms with E-state index in [1.807, 2.05) is 18.2 Å². The molecule has 3 rings (SSSR count). The van der Waals surface area contributed by atoms with Crippen LogP contribution in [0, 0.1) is 5.92 Å². The SMILES string of the molecule is COc1ccc(NC(c2ccccc2)C2CC2)cc1Cl. The van der Waals surface area contributed by atoms with E-state index in [0.29, 0.717) is 16.8 Å². The Bertz CT molecular complexity index is 581. The fourth-order valence-electron chi connectivity index (χ4n) is 2.50. The van der Waals surface area contributed by atoms with Crippen LogP contribution in [0.3, 0.4) is 0 Å². The predicted octanol–water partition coefficient (Wildman–Crippen LogP) is 4.91. The van der Waals surface area contributed by atoms with Crippen LogP contribution in [0.15, 0.2) is 48.5 Å². The van der Waals surface area contributed by atoms with E-state index in [4.69, 9.17) is 16.3 Å². The molecule has 2 aromatic rings. The molecular weight excluding hydrogens is 270 g/mol. The Hall–Kier alpha value is -1.67. The third-order valence-electron chi connectivity index (χ3n) is 3.73. The van der Waals surface area contributed by atoms with Gasteiger partial charge in [-0.3, -0.25) is 0 Å². The van der Waals surface area contributed by atoms with E-state index in [0.717, 1.165) is 11.6 Å². The van der Waals surface area contributed by atoms with Crippen LogP contribution in [0.1, 0.15) is 24.4 Å². The topological polar surface area (TPSA) is 21.3 Å². The minimum absolute atomic E-state index is 0.362. The Morgan fingerprint density at radius 3 is 2.50 bits per heavy atom. The van der Waals surface area contributed by atoms with Gasteiger partial charge in [0, 0.05) is 5.69 Å². The molecule has 0 heterocycles. The Labute approximate surface area is 124 Å². The first-order valence-electron chi connectivity index (χ1n) is 6.93. The molecule has 3 heteroatoms. The maximum absolute atomic E-state index is 6.19. The van der Waals surface area contributed by atoms with Gasteiger partial charge >= 0.3 is 0 Å². The largest absolute Gasteiger partial charge is 0.495 e. The van der Waals surface area contributed by atoms with Gasteiger partial charge in [0.1, 0.15) is 5.75 Å². The quantitative estimate of drug-likeness (QED) is 0.843. The predicted molar refractivity (Wildman–Crippen MR) is 83.5 cm³/mol. The highest BCUT2D eigenvalue weighted by atomic mass is 35.5. The second-order valence-electron chi connectivity index (χ2n) is 5.22. The molecule has 0 radical (unpaired) electrons.